The number of aryl methyl sites for hydroxylation is 1. The molecule has 0 bridgehead atoms. The highest BCUT2D eigenvalue weighted by Gasteiger charge is 2.38. The molecular formula is C15H14ClNO2. The Morgan fingerprint density at radius 3 is 2.32 bits per heavy atom. The largest absolute Gasteiger partial charge is 0.372 e. The van der Waals surface area contributed by atoms with Crippen molar-refractivity contribution in [1.82, 2.24) is 0 Å². The molecule has 1 unspecified atom stereocenters. The summed E-state index contributed by atoms with van der Waals surface area (Å²) in [4.78, 5) is 11.7. The number of carbonyl (C=O) groups excluding carboxylic acids is 1. The van der Waals surface area contributed by atoms with E-state index in [-0.39, 0.29) is 0 Å². The third kappa shape index (κ3) is 2.35. The maximum Gasteiger partial charge on any atom is 0.258 e. The van der Waals surface area contributed by atoms with Crippen LogP contribution in [0, 0.1) is 6.92 Å². The van der Waals surface area contributed by atoms with Gasteiger partial charge in [0.15, 0.2) is 5.60 Å². The van der Waals surface area contributed by atoms with Crippen molar-refractivity contribution in [2.45, 2.75) is 12.5 Å². The number of rotatable bonds is 3. The minimum Gasteiger partial charge on any atom is -0.372 e. The molecule has 0 fully saturated rings. The summed E-state index contributed by atoms with van der Waals surface area (Å²) in [6.07, 6.45) is 0. The summed E-state index contributed by atoms with van der Waals surface area (Å²) >= 11 is 6.05. The van der Waals surface area contributed by atoms with Gasteiger partial charge < -0.3 is 10.8 Å². The molecule has 2 aromatic carbocycles. The van der Waals surface area contributed by atoms with Crippen molar-refractivity contribution in [2.75, 3.05) is 0 Å². The molecule has 4 heteroatoms. The van der Waals surface area contributed by atoms with Crippen molar-refractivity contribution >= 4 is 17.5 Å². The van der Waals surface area contributed by atoms with Gasteiger partial charge in [-0.15, -0.1) is 0 Å². The molecule has 0 saturated heterocycles. The van der Waals surface area contributed by atoms with E-state index in [0.29, 0.717) is 16.1 Å². The summed E-state index contributed by atoms with van der Waals surface area (Å²) in [5, 5.41) is 11.2. The zero-order valence-corrected chi connectivity index (χ0v) is 11.2. The van der Waals surface area contributed by atoms with Crippen LogP contribution in [-0.4, -0.2) is 11.0 Å². The number of amides is 1. The Morgan fingerprint density at radius 1 is 1.16 bits per heavy atom. The zero-order chi connectivity index (χ0) is 14.0. The van der Waals surface area contributed by atoms with Crippen LogP contribution >= 0.6 is 11.6 Å². The van der Waals surface area contributed by atoms with Crippen LogP contribution in [0.4, 0.5) is 0 Å². The number of aliphatic hydroxyl groups is 1. The summed E-state index contributed by atoms with van der Waals surface area (Å²) in [6, 6.07) is 13.5. The lowest BCUT2D eigenvalue weighted by Crippen LogP contribution is -2.42. The molecular weight excluding hydrogens is 262 g/mol. The van der Waals surface area contributed by atoms with E-state index >= 15 is 0 Å². The van der Waals surface area contributed by atoms with Crippen molar-refractivity contribution in [3.8, 4) is 0 Å². The maximum absolute atomic E-state index is 11.7. The van der Waals surface area contributed by atoms with E-state index in [0.717, 1.165) is 5.56 Å². The lowest BCUT2D eigenvalue weighted by Gasteiger charge is -2.26. The number of nitrogens with two attached hydrogens (primary N) is 1. The Kier molecular flexibility index (Phi) is 3.60. The SMILES string of the molecule is Cc1ccc(C(O)(C(N)=O)c2ccccc2)cc1Cl. The van der Waals surface area contributed by atoms with Crippen molar-refractivity contribution in [3.63, 3.8) is 0 Å². The van der Waals surface area contributed by atoms with Crippen LogP contribution in [0.15, 0.2) is 48.5 Å². The van der Waals surface area contributed by atoms with E-state index in [1.54, 1.807) is 48.5 Å². The van der Waals surface area contributed by atoms with E-state index in [1.807, 2.05) is 6.92 Å². The lowest BCUT2D eigenvalue weighted by atomic mass is 9.85. The molecule has 1 atom stereocenters. The van der Waals surface area contributed by atoms with Crippen LogP contribution < -0.4 is 5.73 Å². The van der Waals surface area contributed by atoms with E-state index in [1.165, 1.54) is 0 Å². The highest BCUT2D eigenvalue weighted by atomic mass is 35.5. The van der Waals surface area contributed by atoms with Gasteiger partial charge in [0, 0.05) is 5.02 Å². The molecule has 0 saturated carbocycles. The Labute approximate surface area is 116 Å². The second-order valence-electron chi connectivity index (χ2n) is 4.40. The van der Waals surface area contributed by atoms with Gasteiger partial charge in [-0.2, -0.15) is 0 Å². The van der Waals surface area contributed by atoms with Gasteiger partial charge in [0.2, 0.25) is 0 Å². The summed E-state index contributed by atoms with van der Waals surface area (Å²) in [7, 11) is 0. The van der Waals surface area contributed by atoms with Crippen molar-refractivity contribution in [3.05, 3.63) is 70.2 Å². The molecule has 3 N–H and O–H groups in total. The quantitative estimate of drug-likeness (QED) is 0.903. The lowest BCUT2D eigenvalue weighted by molar-refractivity contribution is -0.133. The Hall–Kier alpha value is -1.84. The standard InChI is InChI=1S/C15H14ClNO2/c1-10-7-8-12(9-13(10)16)15(19,14(17)18)11-5-3-2-4-6-11/h2-9,19H,1H3,(H2,17,18). The fourth-order valence-corrected chi connectivity index (χ4v) is 2.13. The highest BCUT2D eigenvalue weighted by molar-refractivity contribution is 6.31. The second-order valence-corrected chi connectivity index (χ2v) is 4.81. The predicted octanol–water partition coefficient (Wildman–Crippen LogP) is 2.37. The Morgan fingerprint density at radius 2 is 1.79 bits per heavy atom. The van der Waals surface area contributed by atoms with Gasteiger partial charge in [-0.1, -0.05) is 54.1 Å². The van der Waals surface area contributed by atoms with Crippen LogP contribution in [0.3, 0.4) is 0 Å². The summed E-state index contributed by atoms with van der Waals surface area (Å²) < 4.78 is 0. The molecule has 0 heterocycles. The van der Waals surface area contributed by atoms with E-state index < -0.39 is 11.5 Å². The average Bonchev–Trinajstić information content (AvgIpc) is 2.41. The van der Waals surface area contributed by atoms with Gasteiger partial charge in [-0.05, 0) is 29.7 Å². The van der Waals surface area contributed by atoms with Crippen molar-refractivity contribution in [2.24, 2.45) is 5.73 Å². The number of hydrogen-bond donors (Lipinski definition) is 2. The third-order valence-corrected chi connectivity index (χ3v) is 3.54. The minimum absolute atomic E-state index is 0.363. The van der Waals surface area contributed by atoms with Crippen LogP contribution in [-0.2, 0) is 10.4 Å². The topological polar surface area (TPSA) is 63.3 Å². The third-order valence-electron chi connectivity index (χ3n) is 3.14. The van der Waals surface area contributed by atoms with Gasteiger partial charge >= 0.3 is 0 Å². The van der Waals surface area contributed by atoms with Crippen molar-refractivity contribution in [1.29, 1.82) is 0 Å². The molecule has 0 radical (unpaired) electrons. The Balaban J connectivity index is 2.63. The number of hydrogen-bond acceptors (Lipinski definition) is 2. The maximum atomic E-state index is 11.7. The normalized spacial score (nSPS) is 13.8. The second kappa shape index (κ2) is 5.03. The highest BCUT2D eigenvalue weighted by Crippen LogP contribution is 2.31. The summed E-state index contributed by atoms with van der Waals surface area (Å²) in [5.41, 5.74) is 5.16. The number of halogens is 1. The van der Waals surface area contributed by atoms with E-state index in [9.17, 15) is 9.90 Å². The number of carbonyl (C=O) groups is 1. The van der Waals surface area contributed by atoms with Crippen LogP contribution in [0.5, 0.6) is 0 Å². The molecule has 98 valence electrons. The van der Waals surface area contributed by atoms with Crippen LogP contribution in [0.1, 0.15) is 16.7 Å². The van der Waals surface area contributed by atoms with Gasteiger partial charge in [0.1, 0.15) is 0 Å². The van der Waals surface area contributed by atoms with Crippen LogP contribution in [0.25, 0.3) is 0 Å². The predicted molar refractivity (Wildman–Crippen MR) is 74.8 cm³/mol. The molecule has 2 rings (SSSR count). The average molecular weight is 276 g/mol. The fourth-order valence-electron chi connectivity index (χ4n) is 1.95. The van der Waals surface area contributed by atoms with Gasteiger partial charge in [-0.3, -0.25) is 4.79 Å². The van der Waals surface area contributed by atoms with E-state index in [2.05, 4.69) is 0 Å². The molecule has 2 aromatic rings. The van der Waals surface area contributed by atoms with Gasteiger partial charge in [0.05, 0.1) is 0 Å². The smallest absolute Gasteiger partial charge is 0.258 e. The first kappa shape index (κ1) is 13.6. The Bertz CT molecular complexity index is 613. The molecule has 0 aliphatic heterocycles. The molecule has 0 aliphatic rings. The van der Waals surface area contributed by atoms with Gasteiger partial charge in [0.25, 0.3) is 5.91 Å². The fraction of sp³-hybridized carbons (Fsp3) is 0.133. The first-order chi connectivity index (χ1) is 8.96. The molecule has 3 nitrogen and oxygen atoms in total. The van der Waals surface area contributed by atoms with Gasteiger partial charge in [-0.25, -0.2) is 0 Å². The summed E-state index contributed by atoms with van der Waals surface area (Å²) in [6.45, 7) is 1.85. The van der Waals surface area contributed by atoms with Crippen LogP contribution in [0.2, 0.25) is 5.02 Å². The molecule has 0 aromatic heterocycles. The minimum atomic E-state index is -1.88. The zero-order valence-electron chi connectivity index (χ0n) is 10.4. The molecule has 1 amide bonds. The first-order valence-electron chi connectivity index (χ1n) is 5.80. The summed E-state index contributed by atoms with van der Waals surface area (Å²) in [5.74, 6) is -0.835. The molecule has 0 spiro atoms. The first-order valence-corrected chi connectivity index (χ1v) is 6.18. The molecule has 0 aliphatic carbocycles. The number of primary amides is 1. The van der Waals surface area contributed by atoms with E-state index in [4.69, 9.17) is 17.3 Å². The molecule has 19 heavy (non-hydrogen) atoms. The van der Waals surface area contributed by atoms with Crippen molar-refractivity contribution < 1.29 is 9.90 Å². The number of benzene rings is 2. The monoisotopic (exact) mass is 275 g/mol.